The van der Waals surface area contributed by atoms with E-state index in [1.807, 2.05) is 20.8 Å². The van der Waals surface area contributed by atoms with Crippen molar-refractivity contribution in [2.75, 3.05) is 18.1 Å². The summed E-state index contributed by atoms with van der Waals surface area (Å²) in [6.07, 6.45) is 0. The fourth-order valence-corrected chi connectivity index (χ4v) is 2.81. The molecular formula is C11H16N2O3S. The van der Waals surface area contributed by atoms with Crippen LogP contribution in [0, 0.1) is 0 Å². The van der Waals surface area contributed by atoms with Crippen LogP contribution >= 0.6 is 11.8 Å². The van der Waals surface area contributed by atoms with Gasteiger partial charge in [-0.3, -0.25) is 4.79 Å². The van der Waals surface area contributed by atoms with E-state index >= 15 is 0 Å². The van der Waals surface area contributed by atoms with Gasteiger partial charge in [-0.25, -0.2) is 0 Å². The smallest absolute Gasteiger partial charge is 0.238 e. The highest BCUT2D eigenvalue weighted by atomic mass is 32.2. The van der Waals surface area contributed by atoms with Gasteiger partial charge in [0.1, 0.15) is 11.5 Å². The second-order valence-electron chi connectivity index (χ2n) is 4.43. The first kappa shape index (κ1) is 12.6. The summed E-state index contributed by atoms with van der Waals surface area (Å²) in [5, 5.41) is 3.91. The predicted molar refractivity (Wildman–Crippen MR) is 64.0 cm³/mol. The molecule has 0 aliphatic carbocycles. The quantitative estimate of drug-likeness (QED) is 0.817. The van der Waals surface area contributed by atoms with E-state index in [-0.39, 0.29) is 11.7 Å². The van der Waals surface area contributed by atoms with E-state index in [0.29, 0.717) is 24.1 Å². The molecule has 6 heteroatoms. The largest absolute Gasteiger partial charge is 0.368 e. The third-order valence-electron chi connectivity index (χ3n) is 2.70. The maximum Gasteiger partial charge on any atom is 0.238 e. The number of hydrogen-bond donors (Lipinski definition) is 0. The van der Waals surface area contributed by atoms with Gasteiger partial charge in [0.25, 0.3) is 0 Å². The lowest BCUT2D eigenvalue weighted by atomic mass is 10.1. The Bertz CT molecular complexity index is 417. The number of thioether (sulfide) groups is 1. The maximum absolute atomic E-state index is 11.6. The molecule has 0 saturated carbocycles. The van der Waals surface area contributed by atoms with Crippen molar-refractivity contribution >= 4 is 17.5 Å². The van der Waals surface area contributed by atoms with Crippen molar-refractivity contribution in [3.05, 3.63) is 11.7 Å². The fraction of sp³-hybridized carbons (Fsp3) is 0.727. The van der Waals surface area contributed by atoms with Gasteiger partial charge in [-0.1, -0.05) is 5.16 Å². The first-order valence-electron chi connectivity index (χ1n) is 5.63. The molecule has 1 aliphatic heterocycles. The lowest BCUT2D eigenvalue weighted by Crippen LogP contribution is -2.23. The molecule has 0 N–H and O–H groups in total. The van der Waals surface area contributed by atoms with Crippen molar-refractivity contribution in [2.45, 2.75) is 32.3 Å². The van der Waals surface area contributed by atoms with Gasteiger partial charge in [-0.15, -0.1) is 0 Å². The zero-order valence-corrected chi connectivity index (χ0v) is 11.0. The van der Waals surface area contributed by atoms with Crippen LogP contribution in [0.15, 0.2) is 4.52 Å². The monoisotopic (exact) mass is 256 g/mol. The second kappa shape index (κ2) is 4.78. The highest BCUT2D eigenvalue weighted by Crippen LogP contribution is 2.30. The van der Waals surface area contributed by atoms with E-state index in [2.05, 4.69) is 10.1 Å². The predicted octanol–water partition coefficient (Wildman–Crippen LogP) is 1.74. The first-order chi connectivity index (χ1) is 8.04. The van der Waals surface area contributed by atoms with Gasteiger partial charge in [0.15, 0.2) is 5.78 Å². The molecule has 0 spiro atoms. The Balaban J connectivity index is 2.18. The van der Waals surface area contributed by atoms with Crippen LogP contribution in [-0.2, 0) is 15.1 Å². The highest BCUT2D eigenvalue weighted by molar-refractivity contribution is 8.00. The van der Waals surface area contributed by atoms with Crippen molar-refractivity contribution in [1.82, 2.24) is 10.1 Å². The van der Waals surface area contributed by atoms with Crippen molar-refractivity contribution in [2.24, 2.45) is 0 Å². The maximum atomic E-state index is 11.6. The number of carbonyl (C=O) groups excluding carboxylic acids is 1. The van der Waals surface area contributed by atoms with E-state index in [1.165, 1.54) is 0 Å². The van der Waals surface area contributed by atoms with Crippen LogP contribution in [0.4, 0.5) is 0 Å². The molecule has 1 aromatic heterocycles. The first-order valence-corrected chi connectivity index (χ1v) is 6.78. The molecule has 2 rings (SSSR count). The number of ether oxygens (including phenoxy) is 1. The van der Waals surface area contributed by atoms with Crippen molar-refractivity contribution < 1.29 is 14.1 Å². The molecule has 1 aromatic rings. The SMILES string of the molecule is CCOC(C)(C)c1noc(C2CSCC2=O)n1. The molecule has 1 unspecified atom stereocenters. The summed E-state index contributed by atoms with van der Waals surface area (Å²) in [5.74, 6) is 2.12. The summed E-state index contributed by atoms with van der Waals surface area (Å²) in [5.41, 5.74) is -0.578. The summed E-state index contributed by atoms with van der Waals surface area (Å²) in [6.45, 7) is 6.27. The number of ketones is 1. The zero-order chi connectivity index (χ0) is 12.5. The minimum atomic E-state index is -0.578. The molecule has 1 aliphatic rings. The van der Waals surface area contributed by atoms with Crippen LogP contribution in [-0.4, -0.2) is 34.0 Å². The van der Waals surface area contributed by atoms with Gasteiger partial charge in [0.05, 0.1) is 5.75 Å². The van der Waals surface area contributed by atoms with Crippen LogP contribution < -0.4 is 0 Å². The molecule has 1 atom stereocenters. The number of hydrogen-bond acceptors (Lipinski definition) is 6. The number of Topliss-reactive ketones (excluding diaryl/α,β-unsaturated/α-hetero) is 1. The van der Waals surface area contributed by atoms with Crippen molar-refractivity contribution in [3.63, 3.8) is 0 Å². The summed E-state index contributed by atoms with van der Waals surface area (Å²) in [7, 11) is 0. The number of nitrogens with zero attached hydrogens (tertiary/aromatic N) is 2. The standard InChI is InChI=1S/C11H16N2O3S/c1-4-15-11(2,3)10-12-9(16-13-10)7-5-17-6-8(7)14/h7H,4-6H2,1-3H3. The summed E-state index contributed by atoms with van der Waals surface area (Å²) in [4.78, 5) is 15.9. The zero-order valence-electron chi connectivity index (χ0n) is 10.2. The second-order valence-corrected chi connectivity index (χ2v) is 5.46. The number of carbonyl (C=O) groups is 1. The van der Waals surface area contributed by atoms with Crippen LogP contribution in [0.5, 0.6) is 0 Å². The van der Waals surface area contributed by atoms with Crippen LogP contribution in [0.25, 0.3) is 0 Å². The third-order valence-corrected chi connectivity index (χ3v) is 3.76. The number of rotatable bonds is 4. The molecule has 0 aromatic carbocycles. The van der Waals surface area contributed by atoms with Gasteiger partial charge in [-0.05, 0) is 20.8 Å². The van der Waals surface area contributed by atoms with Gasteiger partial charge < -0.3 is 9.26 Å². The van der Waals surface area contributed by atoms with Gasteiger partial charge in [0, 0.05) is 12.4 Å². The molecule has 5 nitrogen and oxygen atoms in total. The minimum absolute atomic E-state index is 0.166. The molecule has 0 amide bonds. The van der Waals surface area contributed by atoms with E-state index in [9.17, 15) is 4.79 Å². The van der Waals surface area contributed by atoms with Crippen LogP contribution in [0.3, 0.4) is 0 Å². The van der Waals surface area contributed by atoms with Gasteiger partial charge >= 0.3 is 0 Å². The molecule has 1 saturated heterocycles. The molecule has 1 fully saturated rings. The number of aromatic nitrogens is 2. The van der Waals surface area contributed by atoms with E-state index in [0.717, 1.165) is 5.75 Å². The molecule has 94 valence electrons. The van der Waals surface area contributed by atoms with Gasteiger partial charge in [-0.2, -0.15) is 16.7 Å². The summed E-state index contributed by atoms with van der Waals surface area (Å²) < 4.78 is 10.7. The lowest BCUT2D eigenvalue weighted by Gasteiger charge is -2.19. The van der Waals surface area contributed by atoms with E-state index in [4.69, 9.17) is 9.26 Å². The Morgan fingerprint density at radius 1 is 1.59 bits per heavy atom. The Kier molecular flexibility index (Phi) is 3.53. The fourth-order valence-electron chi connectivity index (χ4n) is 1.73. The lowest BCUT2D eigenvalue weighted by molar-refractivity contribution is -0.117. The topological polar surface area (TPSA) is 65.2 Å². The molecular weight excluding hydrogens is 240 g/mol. The molecule has 0 bridgehead atoms. The minimum Gasteiger partial charge on any atom is -0.368 e. The Labute approximate surface area is 104 Å². The molecule has 17 heavy (non-hydrogen) atoms. The Morgan fingerprint density at radius 2 is 2.35 bits per heavy atom. The van der Waals surface area contributed by atoms with Crippen LogP contribution in [0.2, 0.25) is 0 Å². The van der Waals surface area contributed by atoms with Crippen LogP contribution in [0.1, 0.15) is 38.4 Å². The highest BCUT2D eigenvalue weighted by Gasteiger charge is 2.34. The Morgan fingerprint density at radius 3 is 2.94 bits per heavy atom. The summed E-state index contributed by atoms with van der Waals surface area (Å²) in [6, 6.07) is 0. The Hall–Kier alpha value is -0.880. The normalized spacial score (nSPS) is 21.1. The van der Waals surface area contributed by atoms with Crippen molar-refractivity contribution in [1.29, 1.82) is 0 Å². The molecule has 2 heterocycles. The third kappa shape index (κ3) is 2.52. The molecule has 0 radical (unpaired) electrons. The van der Waals surface area contributed by atoms with E-state index in [1.54, 1.807) is 11.8 Å². The van der Waals surface area contributed by atoms with Crippen molar-refractivity contribution in [3.8, 4) is 0 Å². The van der Waals surface area contributed by atoms with E-state index < -0.39 is 5.60 Å². The average molecular weight is 256 g/mol. The average Bonchev–Trinajstić information content (AvgIpc) is 2.85. The summed E-state index contributed by atoms with van der Waals surface area (Å²) >= 11 is 1.60. The van der Waals surface area contributed by atoms with Gasteiger partial charge in [0.2, 0.25) is 11.7 Å².